The van der Waals surface area contributed by atoms with Gasteiger partial charge in [-0.05, 0) is 35.0 Å². The van der Waals surface area contributed by atoms with Crippen LogP contribution in [0.1, 0.15) is 19.4 Å². The number of rotatable bonds is 6. The Morgan fingerprint density at radius 1 is 1.33 bits per heavy atom. The van der Waals surface area contributed by atoms with Crippen molar-refractivity contribution in [1.29, 1.82) is 0 Å². The van der Waals surface area contributed by atoms with Crippen LogP contribution in [0.3, 0.4) is 0 Å². The number of nitrogens with zero attached hydrogens (tertiary/aromatic N) is 5. The van der Waals surface area contributed by atoms with Crippen LogP contribution in [-0.2, 0) is 4.79 Å². The number of pyridine rings is 1. The zero-order valence-corrected chi connectivity index (χ0v) is 15.3. The fourth-order valence-electron chi connectivity index (χ4n) is 2.83. The van der Waals surface area contributed by atoms with E-state index in [-0.39, 0.29) is 6.42 Å². The summed E-state index contributed by atoms with van der Waals surface area (Å²) in [5.74, 6) is -0.766. The average molecular weight is 390 g/mol. The SMILES string of the molecule is CCC(C(=O)O)n1cc(OC)c(-c2cc(Cl)ccc2-n2cnnn2)cc1=O. The minimum absolute atomic E-state index is 0.255. The fourth-order valence-corrected chi connectivity index (χ4v) is 3.00. The zero-order valence-electron chi connectivity index (χ0n) is 14.5. The van der Waals surface area contributed by atoms with Crippen LogP contribution in [0.25, 0.3) is 16.8 Å². The summed E-state index contributed by atoms with van der Waals surface area (Å²) in [6.45, 7) is 1.69. The minimum Gasteiger partial charge on any atom is -0.495 e. The van der Waals surface area contributed by atoms with Gasteiger partial charge in [0.05, 0.1) is 19.0 Å². The lowest BCUT2D eigenvalue weighted by atomic mass is 10.0. The summed E-state index contributed by atoms with van der Waals surface area (Å²) in [5.41, 5.74) is 1.14. The van der Waals surface area contributed by atoms with Crippen molar-refractivity contribution < 1.29 is 14.6 Å². The number of aromatic nitrogens is 5. The van der Waals surface area contributed by atoms with Crippen molar-refractivity contribution in [2.45, 2.75) is 19.4 Å². The van der Waals surface area contributed by atoms with Crippen LogP contribution in [0.4, 0.5) is 0 Å². The van der Waals surface area contributed by atoms with Crippen LogP contribution in [0, 0.1) is 0 Å². The van der Waals surface area contributed by atoms with E-state index in [2.05, 4.69) is 15.5 Å². The van der Waals surface area contributed by atoms with Gasteiger partial charge in [-0.1, -0.05) is 18.5 Å². The Kier molecular flexibility index (Phi) is 5.22. The molecule has 10 heteroatoms. The second-order valence-electron chi connectivity index (χ2n) is 5.68. The molecule has 3 aromatic rings. The highest BCUT2D eigenvalue weighted by Crippen LogP contribution is 2.35. The zero-order chi connectivity index (χ0) is 19.6. The Morgan fingerprint density at radius 2 is 2.11 bits per heavy atom. The van der Waals surface area contributed by atoms with Gasteiger partial charge in [0, 0.05) is 22.2 Å². The average Bonchev–Trinajstić information content (AvgIpc) is 3.17. The largest absolute Gasteiger partial charge is 0.495 e. The lowest BCUT2D eigenvalue weighted by molar-refractivity contribution is -0.141. The molecule has 0 aliphatic heterocycles. The molecule has 2 aromatic heterocycles. The number of carbonyl (C=O) groups is 1. The van der Waals surface area contributed by atoms with Crippen molar-refractivity contribution in [2.75, 3.05) is 7.11 Å². The van der Waals surface area contributed by atoms with Gasteiger partial charge in [0.2, 0.25) is 0 Å². The first kappa shape index (κ1) is 18.6. The van der Waals surface area contributed by atoms with Gasteiger partial charge in [0.15, 0.2) is 0 Å². The summed E-state index contributed by atoms with van der Waals surface area (Å²) in [6, 6.07) is 5.38. The highest BCUT2D eigenvalue weighted by Gasteiger charge is 2.22. The summed E-state index contributed by atoms with van der Waals surface area (Å²) in [4.78, 5) is 24.1. The van der Waals surface area contributed by atoms with Crippen molar-refractivity contribution in [2.24, 2.45) is 0 Å². The van der Waals surface area contributed by atoms with Gasteiger partial charge >= 0.3 is 5.97 Å². The van der Waals surface area contributed by atoms with E-state index in [1.807, 2.05) is 0 Å². The maximum Gasteiger partial charge on any atom is 0.326 e. The van der Waals surface area contributed by atoms with Crippen molar-refractivity contribution in [3.63, 3.8) is 0 Å². The van der Waals surface area contributed by atoms with Crippen molar-refractivity contribution in [3.05, 3.63) is 52.2 Å². The van der Waals surface area contributed by atoms with Crippen LogP contribution < -0.4 is 10.3 Å². The third-order valence-electron chi connectivity index (χ3n) is 4.12. The predicted octanol–water partition coefficient (Wildman–Crippen LogP) is 2.19. The molecule has 0 spiro atoms. The van der Waals surface area contributed by atoms with Gasteiger partial charge in [0.25, 0.3) is 5.56 Å². The molecular formula is C17H16ClN5O4. The van der Waals surface area contributed by atoms with E-state index in [1.165, 1.54) is 30.4 Å². The standard InChI is InChI=1S/C17H16ClN5O4/c1-3-13(17(25)26)22-8-15(27-2)12(7-16(22)24)11-6-10(18)4-5-14(11)23-9-19-20-21-23/h4-9,13H,3H2,1-2H3,(H,25,26). The van der Waals surface area contributed by atoms with E-state index in [9.17, 15) is 14.7 Å². The van der Waals surface area contributed by atoms with Gasteiger partial charge in [-0.2, -0.15) is 4.68 Å². The first-order valence-corrected chi connectivity index (χ1v) is 8.40. The molecule has 1 N–H and O–H groups in total. The van der Waals surface area contributed by atoms with Crippen LogP contribution >= 0.6 is 11.6 Å². The normalized spacial score (nSPS) is 12.0. The maximum absolute atomic E-state index is 12.6. The number of benzene rings is 1. The van der Waals surface area contributed by atoms with Crippen LogP contribution in [-0.4, -0.2) is 43.0 Å². The second kappa shape index (κ2) is 7.58. The highest BCUT2D eigenvalue weighted by molar-refractivity contribution is 6.31. The third kappa shape index (κ3) is 3.54. The van der Waals surface area contributed by atoms with Crippen LogP contribution in [0.2, 0.25) is 5.02 Å². The Bertz CT molecular complexity index is 1030. The second-order valence-corrected chi connectivity index (χ2v) is 6.12. The number of tetrazole rings is 1. The van der Waals surface area contributed by atoms with Crippen LogP contribution in [0.5, 0.6) is 5.75 Å². The Morgan fingerprint density at radius 3 is 2.70 bits per heavy atom. The Balaban J connectivity index is 2.24. The molecule has 0 amide bonds. The van der Waals surface area contributed by atoms with Crippen LogP contribution in [0.15, 0.2) is 41.6 Å². The van der Waals surface area contributed by atoms with Crippen molar-refractivity contribution in [3.8, 4) is 22.6 Å². The Hall–Kier alpha value is -3.20. The van der Waals surface area contributed by atoms with E-state index < -0.39 is 17.6 Å². The van der Waals surface area contributed by atoms with E-state index >= 15 is 0 Å². The lowest BCUT2D eigenvalue weighted by Gasteiger charge is -2.18. The maximum atomic E-state index is 12.6. The molecule has 9 nitrogen and oxygen atoms in total. The fraction of sp³-hybridized carbons (Fsp3) is 0.235. The van der Waals surface area contributed by atoms with Gasteiger partial charge in [-0.15, -0.1) is 5.10 Å². The summed E-state index contributed by atoms with van der Waals surface area (Å²) in [7, 11) is 1.44. The van der Waals surface area contributed by atoms with E-state index in [0.29, 0.717) is 27.6 Å². The van der Waals surface area contributed by atoms with Crippen molar-refractivity contribution >= 4 is 17.6 Å². The predicted molar refractivity (Wildman–Crippen MR) is 97.4 cm³/mol. The third-order valence-corrected chi connectivity index (χ3v) is 4.35. The molecule has 0 saturated heterocycles. The number of aliphatic carboxylic acids is 1. The molecule has 1 unspecified atom stereocenters. The monoisotopic (exact) mass is 389 g/mol. The molecule has 0 aliphatic carbocycles. The number of ether oxygens (including phenoxy) is 1. The summed E-state index contributed by atoms with van der Waals surface area (Å²) in [6.07, 6.45) is 3.06. The molecule has 0 aliphatic rings. The summed E-state index contributed by atoms with van der Waals surface area (Å²) < 4.78 is 8.00. The number of methoxy groups -OCH3 is 1. The molecular weight excluding hydrogens is 374 g/mol. The first-order valence-electron chi connectivity index (χ1n) is 8.02. The topological polar surface area (TPSA) is 112 Å². The highest BCUT2D eigenvalue weighted by atomic mass is 35.5. The number of carboxylic acids is 1. The number of carboxylic acid groups (broad SMARTS) is 1. The van der Waals surface area contributed by atoms with Gasteiger partial charge in [-0.3, -0.25) is 9.36 Å². The van der Waals surface area contributed by atoms with Gasteiger partial charge < -0.3 is 9.84 Å². The number of hydrogen-bond donors (Lipinski definition) is 1. The summed E-state index contributed by atoms with van der Waals surface area (Å²) in [5, 5.41) is 20.9. The lowest BCUT2D eigenvalue weighted by Crippen LogP contribution is -2.29. The minimum atomic E-state index is -1.09. The summed E-state index contributed by atoms with van der Waals surface area (Å²) >= 11 is 6.15. The van der Waals surface area contributed by atoms with E-state index in [0.717, 1.165) is 4.57 Å². The molecule has 3 rings (SSSR count). The first-order chi connectivity index (χ1) is 13.0. The van der Waals surface area contributed by atoms with Gasteiger partial charge in [-0.25, -0.2) is 4.79 Å². The molecule has 1 aromatic carbocycles. The molecule has 0 bridgehead atoms. The molecule has 140 valence electrons. The smallest absolute Gasteiger partial charge is 0.326 e. The van der Waals surface area contributed by atoms with Crippen molar-refractivity contribution in [1.82, 2.24) is 24.8 Å². The van der Waals surface area contributed by atoms with Gasteiger partial charge in [0.1, 0.15) is 18.1 Å². The number of halogens is 1. The Labute approximate surface area is 158 Å². The number of hydrogen-bond acceptors (Lipinski definition) is 6. The molecule has 0 saturated carbocycles. The molecule has 1 atom stereocenters. The van der Waals surface area contributed by atoms with E-state index in [4.69, 9.17) is 16.3 Å². The molecule has 0 radical (unpaired) electrons. The molecule has 27 heavy (non-hydrogen) atoms. The molecule has 0 fully saturated rings. The quantitative estimate of drug-likeness (QED) is 0.687. The van der Waals surface area contributed by atoms with E-state index in [1.54, 1.807) is 25.1 Å². The molecule has 2 heterocycles.